The minimum atomic E-state index is -3.52. The number of hydrogen-bond donors (Lipinski definition) is 1. The van der Waals surface area contributed by atoms with Gasteiger partial charge in [0, 0.05) is 37.0 Å². The molecular formula is C25H33N3O3S2. The number of sulfonamides is 1. The average molecular weight is 488 g/mol. The van der Waals surface area contributed by atoms with Crippen LogP contribution < -0.4 is 5.32 Å². The van der Waals surface area contributed by atoms with Gasteiger partial charge in [0.25, 0.3) is 0 Å². The number of amides is 1. The number of carbonyl (C=O) groups is 1. The van der Waals surface area contributed by atoms with E-state index in [9.17, 15) is 13.2 Å². The second kappa shape index (κ2) is 11.0. The zero-order chi connectivity index (χ0) is 23.3. The molecule has 0 aromatic heterocycles. The molecule has 0 bridgehead atoms. The molecule has 2 fully saturated rings. The second-order valence-corrected chi connectivity index (χ2v) is 11.7. The molecule has 0 unspecified atom stereocenters. The summed E-state index contributed by atoms with van der Waals surface area (Å²) in [6.07, 6.45) is 5.63. The van der Waals surface area contributed by atoms with Gasteiger partial charge in [0.1, 0.15) is 0 Å². The van der Waals surface area contributed by atoms with Crippen molar-refractivity contribution in [1.82, 2.24) is 14.5 Å². The minimum Gasteiger partial charge on any atom is -0.352 e. The molecule has 0 saturated carbocycles. The van der Waals surface area contributed by atoms with Gasteiger partial charge in [0.2, 0.25) is 15.9 Å². The van der Waals surface area contributed by atoms with Crippen LogP contribution in [0.2, 0.25) is 0 Å². The molecule has 2 aliphatic rings. The summed E-state index contributed by atoms with van der Waals surface area (Å²) >= 11 is 1.58. The number of hydrogen-bond acceptors (Lipinski definition) is 5. The van der Waals surface area contributed by atoms with Crippen LogP contribution in [0.3, 0.4) is 0 Å². The SMILES string of the molecule is CSc1ccc(S(=O)(=O)N2CCC(C(=O)NCc3ccc(CN4CCCC4)cc3)CC2)cc1. The van der Waals surface area contributed by atoms with Crippen LogP contribution in [-0.2, 0) is 27.9 Å². The van der Waals surface area contributed by atoms with Crippen molar-refractivity contribution in [3.8, 4) is 0 Å². The van der Waals surface area contributed by atoms with Gasteiger partial charge < -0.3 is 5.32 Å². The minimum absolute atomic E-state index is 0.0116. The summed E-state index contributed by atoms with van der Waals surface area (Å²) in [7, 11) is -3.52. The molecule has 2 aromatic carbocycles. The lowest BCUT2D eigenvalue weighted by molar-refractivity contribution is -0.126. The first-order chi connectivity index (χ1) is 16.0. The number of nitrogens with zero attached hydrogens (tertiary/aromatic N) is 2. The predicted molar refractivity (Wildman–Crippen MR) is 133 cm³/mol. The van der Waals surface area contributed by atoms with Crippen LogP contribution in [0, 0.1) is 5.92 Å². The van der Waals surface area contributed by atoms with E-state index in [1.807, 2.05) is 18.4 Å². The van der Waals surface area contributed by atoms with Crippen LogP contribution in [-0.4, -0.2) is 56.0 Å². The summed E-state index contributed by atoms with van der Waals surface area (Å²) in [5, 5.41) is 3.04. The smallest absolute Gasteiger partial charge is 0.243 e. The highest BCUT2D eigenvalue weighted by Gasteiger charge is 2.32. The third-order valence-corrected chi connectivity index (χ3v) is 9.27. The highest BCUT2D eigenvalue weighted by molar-refractivity contribution is 7.98. The molecule has 33 heavy (non-hydrogen) atoms. The molecule has 0 aliphatic carbocycles. The van der Waals surface area contributed by atoms with Gasteiger partial charge in [-0.05, 0) is 80.4 Å². The molecule has 0 radical (unpaired) electrons. The Bertz CT molecular complexity index is 1030. The van der Waals surface area contributed by atoms with E-state index in [4.69, 9.17) is 0 Å². The monoisotopic (exact) mass is 487 g/mol. The first kappa shape index (κ1) is 24.3. The normalized spacial score (nSPS) is 18.5. The third-order valence-electron chi connectivity index (χ3n) is 6.62. The van der Waals surface area contributed by atoms with E-state index in [0.29, 0.717) is 37.4 Å². The Morgan fingerprint density at radius 3 is 2.15 bits per heavy atom. The fourth-order valence-corrected chi connectivity index (χ4v) is 6.43. The summed E-state index contributed by atoms with van der Waals surface area (Å²) in [6, 6.07) is 15.5. The fourth-order valence-electron chi connectivity index (χ4n) is 4.55. The average Bonchev–Trinajstić information content (AvgIpc) is 3.36. The van der Waals surface area contributed by atoms with E-state index in [2.05, 4.69) is 34.5 Å². The lowest BCUT2D eigenvalue weighted by atomic mass is 9.97. The van der Waals surface area contributed by atoms with Gasteiger partial charge in [0.15, 0.2) is 0 Å². The van der Waals surface area contributed by atoms with E-state index < -0.39 is 10.0 Å². The van der Waals surface area contributed by atoms with Crippen LogP contribution in [0.1, 0.15) is 36.8 Å². The largest absolute Gasteiger partial charge is 0.352 e. The van der Waals surface area contributed by atoms with Gasteiger partial charge in [-0.2, -0.15) is 4.31 Å². The van der Waals surface area contributed by atoms with Crippen LogP contribution in [0.15, 0.2) is 58.3 Å². The predicted octanol–water partition coefficient (Wildman–Crippen LogP) is 3.72. The first-order valence-electron chi connectivity index (χ1n) is 11.7. The van der Waals surface area contributed by atoms with Gasteiger partial charge >= 0.3 is 0 Å². The van der Waals surface area contributed by atoms with E-state index in [-0.39, 0.29) is 11.8 Å². The zero-order valence-electron chi connectivity index (χ0n) is 19.2. The molecule has 2 aromatic rings. The van der Waals surface area contributed by atoms with Crippen LogP contribution >= 0.6 is 11.8 Å². The molecule has 0 spiro atoms. The Hall–Kier alpha value is -1.87. The topological polar surface area (TPSA) is 69.7 Å². The maximum absolute atomic E-state index is 12.9. The van der Waals surface area contributed by atoms with Gasteiger partial charge in [-0.3, -0.25) is 9.69 Å². The summed E-state index contributed by atoms with van der Waals surface area (Å²) in [4.78, 5) is 16.5. The van der Waals surface area contributed by atoms with Crippen molar-refractivity contribution < 1.29 is 13.2 Å². The summed E-state index contributed by atoms with van der Waals surface area (Å²) in [6.45, 7) is 4.61. The highest BCUT2D eigenvalue weighted by atomic mass is 32.2. The van der Waals surface area contributed by atoms with Crippen molar-refractivity contribution in [1.29, 1.82) is 0 Å². The van der Waals surface area contributed by atoms with E-state index in [1.54, 1.807) is 23.9 Å². The van der Waals surface area contributed by atoms with Gasteiger partial charge in [-0.25, -0.2) is 8.42 Å². The van der Waals surface area contributed by atoms with Crippen molar-refractivity contribution in [2.75, 3.05) is 32.4 Å². The molecule has 178 valence electrons. The van der Waals surface area contributed by atoms with Crippen molar-refractivity contribution in [2.24, 2.45) is 5.92 Å². The highest BCUT2D eigenvalue weighted by Crippen LogP contribution is 2.25. The number of nitrogens with one attached hydrogen (secondary N) is 1. The van der Waals surface area contributed by atoms with Gasteiger partial charge in [-0.15, -0.1) is 11.8 Å². The van der Waals surface area contributed by atoms with Crippen LogP contribution in [0.5, 0.6) is 0 Å². The Labute approximate surface area is 201 Å². The lowest BCUT2D eigenvalue weighted by Crippen LogP contribution is -2.42. The van der Waals surface area contributed by atoms with Gasteiger partial charge in [0.05, 0.1) is 4.90 Å². The number of carbonyl (C=O) groups excluding carboxylic acids is 1. The zero-order valence-corrected chi connectivity index (χ0v) is 20.8. The fraction of sp³-hybridized carbons (Fsp3) is 0.480. The van der Waals surface area contributed by atoms with Crippen molar-refractivity contribution in [3.05, 3.63) is 59.7 Å². The quantitative estimate of drug-likeness (QED) is 0.575. The summed E-state index contributed by atoms with van der Waals surface area (Å²) in [5.41, 5.74) is 2.39. The number of likely N-dealkylation sites (tertiary alicyclic amines) is 1. The number of rotatable bonds is 8. The van der Waals surface area contributed by atoms with Crippen molar-refractivity contribution >= 4 is 27.7 Å². The van der Waals surface area contributed by atoms with E-state index in [0.717, 1.165) is 17.0 Å². The Morgan fingerprint density at radius 2 is 1.55 bits per heavy atom. The number of thioether (sulfide) groups is 1. The van der Waals surface area contributed by atoms with E-state index in [1.165, 1.54) is 35.8 Å². The maximum Gasteiger partial charge on any atom is 0.243 e. The molecule has 4 rings (SSSR count). The number of benzene rings is 2. The molecule has 8 heteroatoms. The Morgan fingerprint density at radius 1 is 0.939 bits per heavy atom. The molecular weight excluding hydrogens is 454 g/mol. The lowest BCUT2D eigenvalue weighted by Gasteiger charge is -2.30. The third kappa shape index (κ3) is 6.18. The summed E-state index contributed by atoms with van der Waals surface area (Å²) in [5.74, 6) is -0.137. The Kier molecular flexibility index (Phi) is 8.11. The number of piperidine rings is 1. The maximum atomic E-state index is 12.9. The molecule has 2 aliphatic heterocycles. The molecule has 6 nitrogen and oxygen atoms in total. The van der Waals surface area contributed by atoms with Crippen LogP contribution in [0.25, 0.3) is 0 Å². The van der Waals surface area contributed by atoms with E-state index >= 15 is 0 Å². The Balaban J connectivity index is 1.24. The van der Waals surface area contributed by atoms with Crippen molar-refractivity contribution in [3.63, 3.8) is 0 Å². The van der Waals surface area contributed by atoms with Crippen LogP contribution in [0.4, 0.5) is 0 Å². The van der Waals surface area contributed by atoms with Gasteiger partial charge in [-0.1, -0.05) is 24.3 Å². The molecule has 1 N–H and O–H groups in total. The molecule has 2 heterocycles. The molecule has 0 atom stereocenters. The molecule has 2 saturated heterocycles. The second-order valence-electron chi connectivity index (χ2n) is 8.87. The standard InChI is InChI=1S/C25H33N3O3S2/c1-32-23-8-10-24(11-9-23)33(30,31)28-16-12-22(13-17-28)25(29)26-18-20-4-6-21(7-5-20)19-27-14-2-3-15-27/h4-11,22H,2-3,12-19H2,1H3,(H,26,29). The molecule has 1 amide bonds. The van der Waals surface area contributed by atoms with Crippen molar-refractivity contribution in [2.45, 2.75) is 48.6 Å². The first-order valence-corrected chi connectivity index (χ1v) is 14.3. The summed E-state index contributed by atoms with van der Waals surface area (Å²) < 4.78 is 27.4.